The first-order valence-corrected chi connectivity index (χ1v) is 6.54. The monoisotopic (exact) mass is 227 g/mol. The van der Waals surface area contributed by atoms with Crippen LogP contribution in [-0.2, 0) is 10.0 Å². The number of sulfonamides is 1. The fraction of sp³-hybridized carbons (Fsp3) is 1.00. The van der Waals surface area contributed by atoms with Gasteiger partial charge in [0.05, 0.1) is 5.75 Å². The van der Waals surface area contributed by atoms with Crippen LogP contribution in [0.15, 0.2) is 0 Å². The van der Waals surface area contributed by atoms with Crippen molar-refractivity contribution >= 4 is 21.6 Å². The Balaban J connectivity index is 4.02. The van der Waals surface area contributed by atoms with Gasteiger partial charge in [-0.2, -0.15) is 0 Å². The number of hydrogen-bond acceptors (Lipinski definition) is 2. The van der Waals surface area contributed by atoms with Crippen LogP contribution in [0.2, 0.25) is 0 Å². The van der Waals surface area contributed by atoms with E-state index < -0.39 is 10.0 Å². The van der Waals surface area contributed by atoms with Crippen molar-refractivity contribution in [2.45, 2.75) is 20.3 Å². The van der Waals surface area contributed by atoms with E-state index in [2.05, 4.69) is 13.8 Å². The summed E-state index contributed by atoms with van der Waals surface area (Å²) < 4.78 is 24.2. The van der Waals surface area contributed by atoms with Crippen LogP contribution < -0.4 is 0 Å². The Morgan fingerprint density at radius 1 is 1.38 bits per heavy atom. The average molecular weight is 228 g/mol. The maximum atomic E-state index is 11.4. The minimum Gasteiger partial charge on any atom is -0.212 e. The molecule has 0 atom stereocenters. The Labute approximate surface area is 86.1 Å². The molecule has 80 valence electrons. The predicted octanol–water partition coefficient (Wildman–Crippen LogP) is 1.53. The highest BCUT2D eigenvalue weighted by molar-refractivity contribution is 7.89. The number of halogens is 1. The van der Waals surface area contributed by atoms with Crippen molar-refractivity contribution in [3.05, 3.63) is 0 Å². The predicted molar refractivity (Wildman–Crippen MR) is 56.6 cm³/mol. The van der Waals surface area contributed by atoms with Gasteiger partial charge < -0.3 is 0 Å². The summed E-state index contributed by atoms with van der Waals surface area (Å²) in [5.74, 6) is 0.714. The lowest BCUT2D eigenvalue weighted by Crippen LogP contribution is -2.31. The zero-order valence-electron chi connectivity index (χ0n) is 8.46. The normalized spacial score (nSPS) is 12.8. The summed E-state index contributed by atoms with van der Waals surface area (Å²) in [6.45, 7) is 4.72. The Hall–Kier alpha value is 0.200. The summed E-state index contributed by atoms with van der Waals surface area (Å²) in [5, 5.41) is 0. The quantitative estimate of drug-likeness (QED) is 0.646. The van der Waals surface area contributed by atoms with E-state index in [9.17, 15) is 8.42 Å². The topological polar surface area (TPSA) is 37.4 Å². The third-order valence-corrected chi connectivity index (χ3v) is 4.10. The van der Waals surface area contributed by atoms with Crippen LogP contribution >= 0.6 is 11.6 Å². The molecule has 0 aliphatic carbocycles. The van der Waals surface area contributed by atoms with Crippen molar-refractivity contribution in [3.8, 4) is 0 Å². The molecule has 5 heteroatoms. The van der Waals surface area contributed by atoms with Crippen LogP contribution in [0.25, 0.3) is 0 Å². The SMILES string of the molecule is CC(C)CCN(C)S(=O)(=O)CCCl. The van der Waals surface area contributed by atoms with Gasteiger partial charge in [-0.1, -0.05) is 13.8 Å². The molecule has 3 nitrogen and oxygen atoms in total. The van der Waals surface area contributed by atoms with E-state index in [-0.39, 0.29) is 11.6 Å². The molecule has 0 unspecified atom stereocenters. The van der Waals surface area contributed by atoms with E-state index in [1.807, 2.05) is 0 Å². The molecule has 0 aliphatic heterocycles. The second kappa shape index (κ2) is 5.83. The molecule has 0 aromatic carbocycles. The number of alkyl halides is 1. The molecule has 0 saturated heterocycles. The summed E-state index contributed by atoms with van der Waals surface area (Å²) in [4.78, 5) is 0. The fourth-order valence-electron chi connectivity index (χ4n) is 0.832. The molecule has 0 spiro atoms. The van der Waals surface area contributed by atoms with Crippen molar-refractivity contribution in [1.82, 2.24) is 4.31 Å². The van der Waals surface area contributed by atoms with Crippen LogP contribution in [-0.4, -0.2) is 37.9 Å². The molecule has 0 N–H and O–H groups in total. The molecular formula is C8H18ClNO2S. The Morgan fingerprint density at radius 2 is 1.92 bits per heavy atom. The van der Waals surface area contributed by atoms with Crippen molar-refractivity contribution < 1.29 is 8.42 Å². The second-order valence-corrected chi connectivity index (χ2v) is 6.08. The Bertz CT molecular complexity index is 226. The lowest BCUT2D eigenvalue weighted by Gasteiger charge is -2.17. The van der Waals surface area contributed by atoms with Gasteiger partial charge in [-0.3, -0.25) is 0 Å². The summed E-state index contributed by atoms with van der Waals surface area (Å²) in [6.07, 6.45) is 0.887. The third-order valence-electron chi connectivity index (χ3n) is 1.83. The van der Waals surface area contributed by atoms with E-state index in [1.54, 1.807) is 7.05 Å². The van der Waals surface area contributed by atoms with Gasteiger partial charge in [0.1, 0.15) is 0 Å². The van der Waals surface area contributed by atoms with Crippen molar-refractivity contribution in [3.63, 3.8) is 0 Å². The van der Waals surface area contributed by atoms with Crippen LogP contribution in [0, 0.1) is 5.92 Å². The first-order chi connectivity index (χ1) is 5.90. The van der Waals surface area contributed by atoms with Crippen molar-refractivity contribution in [2.75, 3.05) is 25.2 Å². The zero-order valence-corrected chi connectivity index (χ0v) is 10.0. The zero-order chi connectivity index (χ0) is 10.5. The number of nitrogens with zero attached hydrogens (tertiary/aromatic N) is 1. The molecule has 0 aromatic heterocycles. The molecule has 0 aromatic rings. The van der Waals surface area contributed by atoms with E-state index in [1.165, 1.54) is 4.31 Å². The highest BCUT2D eigenvalue weighted by Gasteiger charge is 2.16. The maximum Gasteiger partial charge on any atom is 0.215 e. The molecule has 0 saturated carbocycles. The van der Waals surface area contributed by atoms with E-state index in [4.69, 9.17) is 11.6 Å². The third kappa shape index (κ3) is 5.49. The van der Waals surface area contributed by atoms with Crippen molar-refractivity contribution in [2.24, 2.45) is 5.92 Å². The Kier molecular flexibility index (Phi) is 5.92. The molecule has 0 fully saturated rings. The van der Waals surface area contributed by atoms with Gasteiger partial charge >= 0.3 is 0 Å². The van der Waals surface area contributed by atoms with E-state index in [0.717, 1.165) is 6.42 Å². The minimum atomic E-state index is -3.10. The highest BCUT2D eigenvalue weighted by Crippen LogP contribution is 2.05. The summed E-state index contributed by atoms with van der Waals surface area (Å²) in [5.41, 5.74) is 0. The molecule has 0 amide bonds. The van der Waals surface area contributed by atoms with Gasteiger partial charge in [0.15, 0.2) is 0 Å². The second-order valence-electron chi connectivity index (χ2n) is 3.51. The molecular weight excluding hydrogens is 210 g/mol. The number of hydrogen-bond donors (Lipinski definition) is 0. The smallest absolute Gasteiger partial charge is 0.212 e. The number of rotatable bonds is 6. The standard InChI is InChI=1S/C8H18ClNO2S/c1-8(2)4-6-10(3)13(11,12)7-5-9/h8H,4-7H2,1-3H3. The summed E-state index contributed by atoms with van der Waals surface area (Å²) in [6, 6.07) is 0. The van der Waals surface area contributed by atoms with Gasteiger partial charge in [0.2, 0.25) is 10.0 Å². The van der Waals surface area contributed by atoms with Crippen LogP contribution in [0.5, 0.6) is 0 Å². The first-order valence-electron chi connectivity index (χ1n) is 4.40. The molecule has 0 bridgehead atoms. The van der Waals surface area contributed by atoms with Crippen LogP contribution in [0.4, 0.5) is 0 Å². The van der Waals surface area contributed by atoms with Gasteiger partial charge in [0.25, 0.3) is 0 Å². The van der Waals surface area contributed by atoms with E-state index in [0.29, 0.717) is 12.5 Å². The lowest BCUT2D eigenvalue weighted by molar-refractivity contribution is 0.429. The van der Waals surface area contributed by atoms with Gasteiger partial charge in [0, 0.05) is 19.5 Å². The van der Waals surface area contributed by atoms with Gasteiger partial charge in [-0.15, -0.1) is 11.6 Å². The first kappa shape index (κ1) is 13.2. The van der Waals surface area contributed by atoms with Crippen LogP contribution in [0.3, 0.4) is 0 Å². The fourth-order valence-corrected chi connectivity index (χ4v) is 2.31. The van der Waals surface area contributed by atoms with E-state index >= 15 is 0 Å². The van der Waals surface area contributed by atoms with Crippen molar-refractivity contribution in [1.29, 1.82) is 0 Å². The Morgan fingerprint density at radius 3 is 2.31 bits per heavy atom. The van der Waals surface area contributed by atoms with Crippen LogP contribution in [0.1, 0.15) is 20.3 Å². The average Bonchev–Trinajstić information content (AvgIpc) is 1.99. The molecule has 0 aliphatic rings. The lowest BCUT2D eigenvalue weighted by atomic mass is 10.1. The molecule has 0 heterocycles. The largest absolute Gasteiger partial charge is 0.215 e. The van der Waals surface area contributed by atoms with Gasteiger partial charge in [-0.25, -0.2) is 12.7 Å². The maximum absolute atomic E-state index is 11.4. The molecule has 0 rings (SSSR count). The highest BCUT2D eigenvalue weighted by atomic mass is 35.5. The molecule has 13 heavy (non-hydrogen) atoms. The summed E-state index contributed by atoms with van der Waals surface area (Å²) >= 11 is 5.39. The minimum absolute atomic E-state index is 0.0309. The molecule has 0 radical (unpaired) electrons. The van der Waals surface area contributed by atoms with Gasteiger partial charge in [-0.05, 0) is 12.3 Å². The summed E-state index contributed by atoms with van der Waals surface area (Å²) in [7, 11) is -1.50.